The van der Waals surface area contributed by atoms with Gasteiger partial charge in [0.1, 0.15) is 0 Å². The third-order valence-electron chi connectivity index (χ3n) is 2.75. The molecule has 82 valence electrons. The lowest BCUT2D eigenvalue weighted by Crippen LogP contribution is -2.30. The van der Waals surface area contributed by atoms with Gasteiger partial charge in [0.25, 0.3) is 0 Å². The Balaban J connectivity index is 2.83. The molecular weight excluding hydrogens is 198 g/mol. The van der Waals surface area contributed by atoms with E-state index in [9.17, 15) is 0 Å². The van der Waals surface area contributed by atoms with Crippen LogP contribution in [0.1, 0.15) is 25.3 Å². The lowest BCUT2D eigenvalue weighted by molar-refractivity contribution is 0.622. The summed E-state index contributed by atoms with van der Waals surface area (Å²) in [4.78, 5) is 2.09. The summed E-state index contributed by atoms with van der Waals surface area (Å²) >= 11 is 0. The van der Waals surface area contributed by atoms with Crippen molar-refractivity contribution in [3.8, 4) is 12.1 Å². The summed E-state index contributed by atoms with van der Waals surface area (Å²) in [7, 11) is 1.98. The van der Waals surface area contributed by atoms with Crippen LogP contribution in [0.3, 0.4) is 0 Å². The molecule has 0 saturated carbocycles. The van der Waals surface area contributed by atoms with E-state index in [0.29, 0.717) is 12.0 Å². The predicted octanol–water partition coefficient (Wildman–Crippen LogP) is 2.69. The highest BCUT2D eigenvalue weighted by molar-refractivity contribution is 5.49. The molecule has 0 N–H and O–H groups in total. The van der Waals surface area contributed by atoms with Gasteiger partial charge in [0.2, 0.25) is 0 Å². The van der Waals surface area contributed by atoms with Gasteiger partial charge in [-0.25, -0.2) is 0 Å². The van der Waals surface area contributed by atoms with Gasteiger partial charge < -0.3 is 4.90 Å². The Labute approximate surface area is 96.5 Å². The van der Waals surface area contributed by atoms with Crippen molar-refractivity contribution in [2.75, 3.05) is 11.9 Å². The molecule has 1 aromatic carbocycles. The number of nitrogens with zero attached hydrogens (tertiary/aromatic N) is 3. The number of anilines is 1. The monoisotopic (exact) mass is 213 g/mol. The topological polar surface area (TPSA) is 50.8 Å². The molecule has 0 aliphatic rings. The molecule has 3 heteroatoms. The van der Waals surface area contributed by atoms with Crippen molar-refractivity contribution >= 4 is 5.69 Å². The van der Waals surface area contributed by atoms with Crippen molar-refractivity contribution in [1.82, 2.24) is 0 Å². The van der Waals surface area contributed by atoms with Crippen molar-refractivity contribution in [2.45, 2.75) is 25.8 Å². The van der Waals surface area contributed by atoms with Gasteiger partial charge in [0.15, 0.2) is 0 Å². The minimum absolute atomic E-state index is 0.234. The van der Waals surface area contributed by atoms with Crippen LogP contribution in [-0.4, -0.2) is 13.1 Å². The summed E-state index contributed by atoms with van der Waals surface area (Å²) < 4.78 is 0. The smallest absolute Gasteiger partial charge is 0.0991 e. The van der Waals surface area contributed by atoms with E-state index in [-0.39, 0.29) is 6.04 Å². The van der Waals surface area contributed by atoms with E-state index in [1.807, 2.05) is 19.2 Å². The minimum Gasteiger partial charge on any atom is -0.371 e. The molecule has 0 spiro atoms. The summed E-state index contributed by atoms with van der Waals surface area (Å²) in [5, 5.41) is 17.4. The molecule has 1 rings (SSSR count). The SMILES string of the molecule is CCC(CC#N)N(C)c1ccc(C#N)cc1. The normalized spacial score (nSPS) is 11.2. The van der Waals surface area contributed by atoms with Gasteiger partial charge in [-0.3, -0.25) is 0 Å². The third-order valence-corrected chi connectivity index (χ3v) is 2.75. The molecule has 0 amide bonds. The van der Waals surface area contributed by atoms with Crippen molar-refractivity contribution in [2.24, 2.45) is 0 Å². The predicted molar refractivity (Wildman–Crippen MR) is 63.9 cm³/mol. The van der Waals surface area contributed by atoms with E-state index in [2.05, 4.69) is 24.0 Å². The van der Waals surface area contributed by atoms with Crippen LogP contribution in [0.2, 0.25) is 0 Å². The van der Waals surface area contributed by atoms with Crippen LogP contribution in [0.4, 0.5) is 5.69 Å². The van der Waals surface area contributed by atoms with Crippen molar-refractivity contribution in [3.05, 3.63) is 29.8 Å². The number of rotatable bonds is 4. The number of nitriles is 2. The summed E-state index contributed by atoms with van der Waals surface area (Å²) in [5.41, 5.74) is 1.70. The first-order valence-electron chi connectivity index (χ1n) is 5.32. The minimum atomic E-state index is 0.234. The second-order valence-electron chi connectivity index (χ2n) is 3.69. The fourth-order valence-corrected chi connectivity index (χ4v) is 1.64. The van der Waals surface area contributed by atoms with Gasteiger partial charge in [0.05, 0.1) is 24.1 Å². The van der Waals surface area contributed by atoms with Gasteiger partial charge in [-0.1, -0.05) is 6.92 Å². The van der Waals surface area contributed by atoms with Gasteiger partial charge in [0, 0.05) is 18.8 Å². The molecule has 16 heavy (non-hydrogen) atoms. The van der Waals surface area contributed by atoms with E-state index in [4.69, 9.17) is 10.5 Å². The number of benzene rings is 1. The van der Waals surface area contributed by atoms with Gasteiger partial charge in [-0.15, -0.1) is 0 Å². The van der Waals surface area contributed by atoms with E-state index >= 15 is 0 Å². The zero-order valence-corrected chi connectivity index (χ0v) is 9.64. The fourth-order valence-electron chi connectivity index (χ4n) is 1.64. The molecular formula is C13H15N3. The van der Waals surface area contributed by atoms with Crippen molar-refractivity contribution in [1.29, 1.82) is 10.5 Å². The van der Waals surface area contributed by atoms with Crippen LogP contribution < -0.4 is 4.90 Å². The molecule has 0 bridgehead atoms. The maximum Gasteiger partial charge on any atom is 0.0991 e. The Morgan fingerprint density at radius 2 is 1.88 bits per heavy atom. The molecule has 0 heterocycles. The molecule has 0 aromatic heterocycles. The molecule has 0 fully saturated rings. The van der Waals surface area contributed by atoms with Crippen LogP contribution >= 0.6 is 0 Å². The molecule has 0 aliphatic heterocycles. The number of hydrogen-bond acceptors (Lipinski definition) is 3. The quantitative estimate of drug-likeness (QED) is 0.772. The summed E-state index contributed by atoms with van der Waals surface area (Å²) in [5.74, 6) is 0. The van der Waals surface area contributed by atoms with E-state index < -0.39 is 0 Å². The van der Waals surface area contributed by atoms with Crippen molar-refractivity contribution < 1.29 is 0 Å². The first-order valence-corrected chi connectivity index (χ1v) is 5.32. The Bertz CT molecular complexity index is 408. The average Bonchev–Trinajstić information content (AvgIpc) is 2.35. The summed E-state index contributed by atoms with van der Waals surface area (Å²) in [6.07, 6.45) is 1.46. The fraction of sp³-hybridized carbons (Fsp3) is 0.385. The highest BCUT2D eigenvalue weighted by Crippen LogP contribution is 2.18. The first-order chi connectivity index (χ1) is 7.72. The molecule has 0 saturated heterocycles. The van der Waals surface area contributed by atoms with Crippen molar-refractivity contribution in [3.63, 3.8) is 0 Å². The zero-order chi connectivity index (χ0) is 12.0. The summed E-state index contributed by atoms with van der Waals surface area (Å²) in [6, 6.07) is 11.9. The van der Waals surface area contributed by atoms with Crippen LogP contribution in [-0.2, 0) is 0 Å². The highest BCUT2D eigenvalue weighted by Gasteiger charge is 2.12. The largest absolute Gasteiger partial charge is 0.371 e. The molecule has 1 atom stereocenters. The molecule has 0 aliphatic carbocycles. The zero-order valence-electron chi connectivity index (χ0n) is 9.64. The lowest BCUT2D eigenvalue weighted by atomic mass is 10.1. The highest BCUT2D eigenvalue weighted by atomic mass is 15.1. The molecule has 0 radical (unpaired) electrons. The van der Waals surface area contributed by atoms with Crippen LogP contribution in [0, 0.1) is 22.7 Å². The third kappa shape index (κ3) is 2.74. The van der Waals surface area contributed by atoms with Crippen LogP contribution in [0.5, 0.6) is 0 Å². The second kappa shape index (κ2) is 5.78. The molecule has 1 unspecified atom stereocenters. The molecule has 3 nitrogen and oxygen atoms in total. The Morgan fingerprint density at radius 1 is 1.25 bits per heavy atom. The maximum absolute atomic E-state index is 8.73. The molecule has 1 aromatic rings. The number of hydrogen-bond donors (Lipinski definition) is 0. The second-order valence-corrected chi connectivity index (χ2v) is 3.69. The van der Waals surface area contributed by atoms with Gasteiger partial charge in [-0.2, -0.15) is 10.5 Å². The van der Waals surface area contributed by atoms with Gasteiger partial charge >= 0.3 is 0 Å². The Kier molecular flexibility index (Phi) is 4.36. The summed E-state index contributed by atoms with van der Waals surface area (Å²) in [6.45, 7) is 2.07. The van der Waals surface area contributed by atoms with E-state index in [1.54, 1.807) is 12.1 Å². The van der Waals surface area contributed by atoms with E-state index in [1.165, 1.54) is 0 Å². The van der Waals surface area contributed by atoms with E-state index in [0.717, 1.165) is 12.1 Å². The van der Waals surface area contributed by atoms with Crippen LogP contribution in [0.25, 0.3) is 0 Å². The Morgan fingerprint density at radius 3 is 2.31 bits per heavy atom. The maximum atomic E-state index is 8.73. The van der Waals surface area contributed by atoms with Crippen LogP contribution in [0.15, 0.2) is 24.3 Å². The first kappa shape index (κ1) is 12.1. The van der Waals surface area contributed by atoms with Gasteiger partial charge in [-0.05, 0) is 30.7 Å². The Hall–Kier alpha value is -2.00. The standard InChI is InChI=1S/C13H15N3/c1-3-12(8-9-14)16(2)13-6-4-11(10-15)5-7-13/h4-7,12H,3,8H2,1-2H3. The lowest BCUT2D eigenvalue weighted by Gasteiger charge is -2.27. The average molecular weight is 213 g/mol.